The van der Waals surface area contributed by atoms with E-state index in [2.05, 4.69) is 21.2 Å². The summed E-state index contributed by atoms with van der Waals surface area (Å²) in [4.78, 5) is 32.5. The maximum Gasteiger partial charge on any atom is 0.270 e. The van der Waals surface area contributed by atoms with Crippen LogP contribution >= 0.6 is 15.9 Å². The van der Waals surface area contributed by atoms with Crippen LogP contribution in [-0.2, 0) is 4.79 Å². The lowest BCUT2D eigenvalue weighted by molar-refractivity contribution is -0.384. The molecule has 0 aromatic heterocycles. The molecule has 0 bridgehead atoms. The number of hydrogen-bond donors (Lipinski definition) is 2. The molecule has 0 saturated heterocycles. The molecule has 0 heterocycles. The van der Waals surface area contributed by atoms with E-state index in [1.165, 1.54) is 25.1 Å². The number of hydrogen-bond acceptors (Lipinski definition) is 4. The highest BCUT2D eigenvalue weighted by Crippen LogP contribution is 2.22. The molecule has 0 fully saturated rings. The smallest absolute Gasteiger partial charge is 0.270 e. The number of non-ortho nitro benzene ring substituents is 1. The number of carbonyl (C=O) groups excluding carboxylic acids is 2. The Morgan fingerprint density at radius 1 is 1.50 bits per heavy atom. The van der Waals surface area contributed by atoms with Gasteiger partial charge in [0, 0.05) is 16.6 Å². The summed E-state index contributed by atoms with van der Waals surface area (Å²) in [5.41, 5.74) is 5.06. The van der Waals surface area contributed by atoms with Crippen molar-refractivity contribution in [2.45, 2.75) is 13.0 Å². The van der Waals surface area contributed by atoms with Crippen molar-refractivity contribution in [3.05, 3.63) is 38.3 Å². The zero-order chi connectivity index (χ0) is 13.9. The summed E-state index contributed by atoms with van der Waals surface area (Å²) in [5.74, 6) is -1.20. The Labute approximate surface area is 111 Å². The van der Waals surface area contributed by atoms with E-state index in [-0.39, 0.29) is 15.7 Å². The predicted molar refractivity (Wildman–Crippen MR) is 66.9 cm³/mol. The van der Waals surface area contributed by atoms with E-state index in [4.69, 9.17) is 5.73 Å². The second-order valence-corrected chi connectivity index (χ2v) is 4.37. The fourth-order valence-corrected chi connectivity index (χ4v) is 1.69. The molecule has 1 atom stereocenters. The molecule has 1 aromatic carbocycles. The Bertz CT molecular complexity index is 518. The average Bonchev–Trinajstić information content (AvgIpc) is 2.28. The minimum Gasteiger partial charge on any atom is -0.368 e. The highest BCUT2D eigenvalue weighted by atomic mass is 79.9. The van der Waals surface area contributed by atoms with Crippen LogP contribution in [0.25, 0.3) is 0 Å². The molecule has 1 unspecified atom stereocenters. The first kappa shape index (κ1) is 14.1. The summed E-state index contributed by atoms with van der Waals surface area (Å²) >= 11 is 3.06. The SMILES string of the molecule is CC(NC(=O)c1ccc([N+](=O)[O-])cc1Br)C(N)=O. The fourth-order valence-electron chi connectivity index (χ4n) is 1.15. The minimum atomic E-state index is -0.820. The van der Waals surface area contributed by atoms with E-state index in [0.717, 1.165) is 0 Å². The Balaban J connectivity index is 2.94. The maximum absolute atomic E-state index is 11.7. The van der Waals surface area contributed by atoms with Gasteiger partial charge in [0.2, 0.25) is 5.91 Å². The van der Waals surface area contributed by atoms with Crippen LogP contribution in [0, 0.1) is 10.1 Å². The van der Waals surface area contributed by atoms with Gasteiger partial charge in [0.1, 0.15) is 6.04 Å². The zero-order valence-electron chi connectivity index (χ0n) is 9.34. The monoisotopic (exact) mass is 315 g/mol. The molecular weight excluding hydrogens is 306 g/mol. The third-order valence-electron chi connectivity index (χ3n) is 2.18. The van der Waals surface area contributed by atoms with Gasteiger partial charge in [0.25, 0.3) is 11.6 Å². The third-order valence-corrected chi connectivity index (χ3v) is 2.84. The van der Waals surface area contributed by atoms with Crippen LogP contribution in [0.1, 0.15) is 17.3 Å². The number of nitrogens with zero attached hydrogens (tertiary/aromatic N) is 1. The summed E-state index contributed by atoms with van der Waals surface area (Å²) in [6, 6.07) is 2.89. The number of halogens is 1. The number of carbonyl (C=O) groups is 2. The number of primary amides is 1. The molecule has 96 valence electrons. The van der Waals surface area contributed by atoms with Crippen LogP contribution in [0.2, 0.25) is 0 Å². The summed E-state index contributed by atoms with van der Waals surface area (Å²) in [7, 11) is 0. The Hall–Kier alpha value is -1.96. The standard InChI is InChI=1S/C10H10BrN3O4/c1-5(9(12)15)13-10(16)7-3-2-6(14(17)18)4-8(7)11/h2-5H,1H3,(H2,12,15)(H,13,16). The second kappa shape index (κ2) is 5.58. The van der Waals surface area contributed by atoms with Crippen LogP contribution < -0.4 is 11.1 Å². The molecule has 18 heavy (non-hydrogen) atoms. The lowest BCUT2D eigenvalue weighted by Gasteiger charge is -2.10. The van der Waals surface area contributed by atoms with E-state index in [0.29, 0.717) is 0 Å². The van der Waals surface area contributed by atoms with Gasteiger partial charge < -0.3 is 11.1 Å². The van der Waals surface area contributed by atoms with Gasteiger partial charge in [-0.15, -0.1) is 0 Å². The van der Waals surface area contributed by atoms with E-state index in [9.17, 15) is 19.7 Å². The van der Waals surface area contributed by atoms with Gasteiger partial charge in [-0.05, 0) is 28.9 Å². The van der Waals surface area contributed by atoms with Crippen LogP contribution in [0.3, 0.4) is 0 Å². The lowest BCUT2D eigenvalue weighted by Crippen LogP contribution is -2.42. The molecule has 8 heteroatoms. The van der Waals surface area contributed by atoms with Gasteiger partial charge in [0.05, 0.1) is 10.5 Å². The van der Waals surface area contributed by atoms with E-state index in [1.807, 2.05) is 0 Å². The van der Waals surface area contributed by atoms with E-state index in [1.54, 1.807) is 0 Å². The minimum absolute atomic E-state index is 0.138. The number of nitro benzene ring substituents is 1. The van der Waals surface area contributed by atoms with Crippen molar-refractivity contribution in [3.63, 3.8) is 0 Å². The summed E-state index contributed by atoms with van der Waals surface area (Å²) in [6.45, 7) is 1.44. The fraction of sp³-hybridized carbons (Fsp3) is 0.200. The summed E-state index contributed by atoms with van der Waals surface area (Å²) in [6.07, 6.45) is 0. The van der Waals surface area contributed by atoms with Gasteiger partial charge in [-0.2, -0.15) is 0 Å². The summed E-state index contributed by atoms with van der Waals surface area (Å²) < 4.78 is 0.269. The zero-order valence-corrected chi connectivity index (χ0v) is 10.9. The Morgan fingerprint density at radius 2 is 2.11 bits per heavy atom. The number of benzene rings is 1. The number of amides is 2. The highest BCUT2D eigenvalue weighted by Gasteiger charge is 2.17. The first-order valence-electron chi connectivity index (χ1n) is 4.87. The van der Waals surface area contributed by atoms with Crippen molar-refractivity contribution in [3.8, 4) is 0 Å². The Kier molecular flexibility index (Phi) is 4.38. The second-order valence-electron chi connectivity index (χ2n) is 3.52. The lowest BCUT2D eigenvalue weighted by atomic mass is 10.2. The van der Waals surface area contributed by atoms with Gasteiger partial charge in [-0.3, -0.25) is 19.7 Å². The quantitative estimate of drug-likeness (QED) is 0.636. The molecule has 0 aliphatic rings. The van der Waals surface area contributed by atoms with E-state index < -0.39 is 22.8 Å². The van der Waals surface area contributed by atoms with Crippen molar-refractivity contribution in [2.75, 3.05) is 0 Å². The number of nitro groups is 1. The van der Waals surface area contributed by atoms with Crippen LogP contribution in [0.15, 0.2) is 22.7 Å². The molecule has 2 amide bonds. The predicted octanol–water partition coefficient (Wildman–Crippen LogP) is 0.961. The Morgan fingerprint density at radius 3 is 2.56 bits per heavy atom. The molecule has 7 nitrogen and oxygen atoms in total. The first-order valence-corrected chi connectivity index (χ1v) is 5.66. The van der Waals surface area contributed by atoms with Crippen LogP contribution in [-0.4, -0.2) is 22.8 Å². The molecule has 0 aliphatic carbocycles. The first-order chi connectivity index (χ1) is 8.32. The van der Waals surface area contributed by atoms with Crippen LogP contribution in [0.4, 0.5) is 5.69 Å². The van der Waals surface area contributed by atoms with Gasteiger partial charge in [-0.25, -0.2) is 0 Å². The topological polar surface area (TPSA) is 115 Å². The molecule has 3 N–H and O–H groups in total. The van der Waals surface area contributed by atoms with Crippen molar-refractivity contribution < 1.29 is 14.5 Å². The van der Waals surface area contributed by atoms with Gasteiger partial charge in [0.15, 0.2) is 0 Å². The number of nitrogens with one attached hydrogen (secondary N) is 1. The van der Waals surface area contributed by atoms with Crippen LogP contribution in [0.5, 0.6) is 0 Å². The molecular formula is C10H10BrN3O4. The largest absolute Gasteiger partial charge is 0.368 e. The van der Waals surface area contributed by atoms with Gasteiger partial charge in [-0.1, -0.05) is 0 Å². The van der Waals surface area contributed by atoms with E-state index >= 15 is 0 Å². The van der Waals surface area contributed by atoms with Crippen molar-refractivity contribution in [1.29, 1.82) is 0 Å². The molecule has 0 saturated carbocycles. The molecule has 0 radical (unpaired) electrons. The normalized spacial score (nSPS) is 11.7. The third kappa shape index (κ3) is 3.27. The van der Waals surface area contributed by atoms with Crippen molar-refractivity contribution in [1.82, 2.24) is 5.32 Å². The molecule has 0 aliphatic heterocycles. The molecule has 1 rings (SSSR count). The number of nitrogens with two attached hydrogens (primary N) is 1. The van der Waals surface area contributed by atoms with Gasteiger partial charge >= 0.3 is 0 Å². The van der Waals surface area contributed by atoms with Crippen molar-refractivity contribution >= 4 is 33.4 Å². The molecule has 1 aromatic rings. The molecule has 0 spiro atoms. The average molecular weight is 316 g/mol. The maximum atomic E-state index is 11.7. The summed E-state index contributed by atoms with van der Waals surface area (Å²) in [5, 5.41) is 12.9. The highest BCUT2D eigenvalue weighted by molar-refractivity contribution is 9.10. The number of rotatable bonds is 4. The van der Waals surface area contributed by atoms with Crippen molar-refractivity contribution in [2.24, 2.45) is 5.73 Å².